The first kappa shape index (κ1) is 19.8. The second-order valence-corrected chi connectivity index (χ2v) is 8.72. The van der Waals surface area contributed by atoms with E-state index in [1.165, 1.54) is 6.20 Å². The minimum atomic E-state index is -3.42. The van der Waals surface area contributed by atoms with Gasteiger partial charge in [-0.25, -0.2) is 18.1 Å². The average Bonchev–Trinajstić information content (AvgIpc) is 3.04. The number of anilines is 1. The number of nitrogens with one attached hydrogen (secondary N) is 2. The number of sulfonamides is 1. The number of carbonyl (C=O) groups excluding carboxylic acids is 1. The van der Waals surface area contributed by atoms with Crippen molar-refractivity contribution in [3.8, 4) is 0 Å². The Morgan fingerprint density at radius 2 is 1.86 bits per heavy atom. The number of para-hydroxylation sites is 1. The molecule has 0 saturated heterocycles. The van der Waals surface area contributed by atoms with Gasteiger partial charge < -0.3 is 5.32 Å². The van der Waals surface area contributed by atoms with E-state index in [0.29, 0.717) is 16.8 Å². The second kappa shape index (κ2) is 7.59. The van der Waals surface area contributed by atoms with E-state index in [1.807, 2.05) is 13.8 Å². The number of aromatic nitrogens is 3. The molecule has 0 unspecified atom stereocenters. The van der Waals surface area contributed by atoms with Crippen molar-refractivity contribution < 1.29 is 13.2 Å². The summed E-state index contributed by atoms with van der Waals surface area (Å²) >= 11 is 0. The normalized spacial score (nSPS) is 12.9. The number of pyridine rings is 1. The number of nitrogens with zero attached hydrogens (tertiary/aromatic N) is 3. The number of hydrogen-bond donors (Lipinski definition) is 2. The maximum atomic E-state index is 12.7. The molecule has 3 rings (SSSR count). The Morgan fingerprint density at radius 3 is 2.54 bits per heavy atom. The summed E-state index contributed by atoms with van der Waals surface area (Å²) in [5, 5.41) is 7.98. The highest BCUT2D eigenvalue weighted by atomic mass is 32.2. The van der Waals surface area contributed by atoms with Gasteiger partial charge in [0.1, 0.15) is 0 Å². The van der Waals surface area contributed by atoms with Crippen LogP contribution in [0.1, 0.15) is 48.8 Å². The van der Waals surface area contributed by atoms with Crippen molar-refractivity contribution in [2.24, 2.45) is 0 Å². The zero-order valence-electron chi connectivity index (χ0n) is 16.2. The molecular weight excluding hydrogens is 378 g/mol. The quantitative estimate of drug-likeness (QED) is 0.661. The first-order chi connectivity index (χ1) is 13.2. The third kappa shape index (κ3) is 4.30. The van der Waals surface area contributed by atoms with Gasteiger partial charge in [-0.15, -0.1) is 0 Å². The summed E-state index contributed by atoms with van der Waals surface area (Å²) in [5.74, 6) is -0.298. The van der Waals surface area contributed by atoms with Gasteiger partial charge in [0, 0.05) is 17.6 Å². The molecule has 0 radical (unpaired) electrons. The van der Waals surface area contributed by atoms with Crippen molar-refractivity contribution >= 4 is 32.7 Å². The summed E-state index contributed by atoms with van der Waals surface area (Å²) in [6.07, 6.45) is 4.30. The van der Waals surface area contributed by atoms with Crippen LogP contribution in [0, 0.1) is 0 Å². The SMILES string of the molecule is CC(C)n1ncc2cc(C(=O)N[C@@H](C)c3ccccc3NS(C)(=O)=O)cnc21. The molecule has 1 aromatic carbocycles. The highest BCUT2D eigenvalue weighted by molar-refractivity contribution is 7.92. The summed E-state index contributed by atoms with van der Waals surface area (Å²) in [6.45, 7) is 5.82. The lowest BCUT2D eigenvalue weighted by Gasteiger charge is -2.18. The molecule has 1 amide bonds. The Hall–Kier alpha value is -2.94. The minimum Gasteiger partial charge on any atom is -0.345 e. The van der Waals surface area contributed by atoms with Crippen LogP contribution < -0.4 is 10.0 Å². The fraction of sp³-hybridized carbons (Fsp3) is 0.316. The van der Waals surface area contributed by atoms with Crippen LogP contribution in [0.15, 0.2) is 42.7 Å². The third-order valence-electron chi connectivity index (χ3n) is 4.25. The van der Waals surface area contributed by atoms with E-state index in [1.54, 1.807) is 48.1 Å². The summed E-state index contributed by atoms with van der Waals surface area (Å²) in [5.41, 5.74) is 2.24. The summed E-state index contributed by atoms with van der Waals surface area (Å²) < 4.78 is 27.4. The van der Waals surface area contributed by atoms with Crippen LogP contribution in [0.4, 0.5) is 5.69 Å². The van der Waals surface area contributed by atoms with E-state index in [9.17, 15) is 13.2 Å². The van der Waals surface area contributed by atoms with Crippen molar-refractivity contribution in [2.75, 3.05) is 11.0 Å². The fourth-order valence-electron chi connectivity index (χ4n) is 2.97. The molecule has 28 heavy (non-hydrogen) atoms. The third-order valence-corrected chi connectivity index (χ3v) is 4.85. The molecule has 0 aliphatic carbocycles. The van der Waals surface area contributed by atoms with Crippen LogP contribution >= 0.6 is 0 Å². The molecule has 0 aliphatic heterocycles. The molecule has 0 aliphatic rings. The molecule has 2 heterocycles. The van der Waals surface area contributed by atoms with Gasteiger partial charge in [0.2, 0.25) is 10.0 Å². The monoisotopic (exact) mass is 401 g/mol. The van der Waals surface area contributed by atoms with Gasteiger partial charge in [0.25, 0.3) is 5.91 Å². The van der Waals surface area contributed by atoms with Crippen molar-refractivity contribution in [3.63, 3.8) is 0 Å². The highest BCUT2D eigenvalue weighted by Crippen LogP contribution is 2.24. The molecule has 0 bridgehead atoms. The van der Waals surface area contributed by atoms with Crippen LogP contribution in [0.5, 0.6) is 0 Å². The van der Waals surface area contributed by atoms with E-state index in [4.69, 9.17) is 0 Å². The van der Waals surface area contributed by atoms with Crippen LogP contribution in [-0.4, -0.2) is 35.3 Å². The molecule has 2 N–H and O–H groups in total. The first-order valence-electron chi connectivity index (χ1n) is 8.86. The van der Waals surface area contributed by atoms with Crippen LogP contribution in [-0.2, 0) is 10.0 Å². The Kier molecular flexibility index (Phi) is 5.37. The Bertz CT molecular complexity index is 1120. The summed E-state index contributed by atoms with van der Waals surface area (Å²) in [7, 11) is -3.42. The average molecular weight is 401 g/mol. The van der Waals surface area contributed by atoms with Gasteiger partial charge in [-0.3, -0.25) is 9.52 Å². The minimum absolute atomic E-state index is 0.170. The van der Waals surface area contributed by atoms with Gasteiger partial charge in [0.05, 0.1) is 29.7 Å². The Balaban J connectivity index is 1.82. The largest absolute Gasteiger partial charge is 0.345 e. The number of rotatable bonds is 6. The molecular formula is C19H23N5O3S. The van der Waals surface area contributed by atoms with Crippen molar-refractivity contribution in [3.05, 3.63) is 53.9 Å². The number of benzene rings is 1. The smallest absolute Gasteiger partial charge is 0.253 e. The van der Waals surface area contributed by atoms with Crippen LogP contribution in [0.2, 0.25) is 0 Å². The molecule has 0 saturated carbocycles. The van der Waals surface area contributed by atoms with Crippen LogP contribution in [0.25, 0.3) is 11.0 Å². The Labute approximate surface area is 164 Å². The predicted octanol–water partition coefficient (Wildman–Crippen LogP) is 2.87. The second-order valence-electron chi connectivity index (χ2n) is 6.98. The molecule has 1 atom stereocenters. The van der Waals surface area contributed by atoms with E-state index >= 15 is 0 Å². The van der Waals surface area contributed by atoms with Crippen molar-refractivity contribution in [1.29, 1.82) is 0 Å². The first-order valence-corrected chi connectivity index (χ1v) is 10.8. The van der Waals surface area contributed by atoms with E-state index < -0.39 is 16.1 Å². The number of carbonyl (C=O) groups is 1. The van der Waals surface area contributed by atoms with Crippen LogP contribution in [0.3, 0.4) is 0 Å². The van der Waals surface area contributed by atoms with Gasteiger partial charge in [-0.2, -0.15) is 5.10 Å². The molecule has 8 nitrogen and oxygen atoms in total. The summed E-state index contributed by atoms with van der Waals surface area (Å²) in [4.78, 5) is 17.1. The molecule has 3 aromatic rings. The standard InChI is InChI=1S/C19H23N5O3S/c1-12(2)24-18-14(11-21-24)9-15(10-20-18)19(25)22-13(3)16-7-5-6-8-17(16)23-28(4,26)27/h5-13,23H,1-4H3,(H,22,25)/t13-/m0/s1. The maximum absolute atomic E-state index is 12.7. The van der Waals surface area contributed by atoms with Crippen molar-refractivity contribution in [1.82, 2.24) is 20.1 Å². The lowest BCUT2D eigenvalue weighted by molar-refractivity contribution is 0.0940. The van der Waals surface area contributed by atoms with Crippen molar-refractivity contribution in [2.45, 2.75) is 32.9 Å². The number of amides is 1. The molecule has 0 spiro atoms. The zero-order valence-corrected chi connectivity index (χ0v) is 17.0. The number of fused-ring (bicyclic) bond motifs is 1. The number of hydrogen-bond acceptors (Lipinski definition) is 5. The van der Waals surface area contributed by atoms with E-state index in [2.05, 4.69) is 20.1 Å². The summed E-state index contributed by atoms with van der Waals surface area (Å²) in [6, 6.07) is 8.46. The van der Waals surface area contributed by atoms with E-state index in [0.717, 1.165) is 17.3 Å². The fourth-order valence-corrected chi connectivity index (χ4v) is 3.55. The molecule has 9 heteroatoms. The maximum Gasteiger partial charge on any atom is 0.253 e. The molecule has 148 valence electrons. The lowest BCUT2D eigenvalue weighted by Crippen LogP contribution is -2.27. The predicted molar refractivity (Wildman–Crippen MR) is 109 cm³/mol. The van der Waals surface area contributed by atoms with Gasteiger partial charge in [-0.05, 0) is 38.5 Å². The van der Waals surface area contributed by atoms with E-state index in [-0.39, 0.29) is 11.9 Å². The van der Waals surface area contributed by atoms with Gasteiger partial charge in [0.15, 0.2) is 5.65 Å². The lowest BCUT2D eigenvalue weighted by atomic mass is 10.1. The Morgan fingerprint density at radius 1 is 1.14 bits per heavy atom. The van der Waals surface area contributed by atoms with Gasteiger partial charge >= 0.3 is 0 Å². The highest BCUT2D eigenvalue weighted by Gasteiger charge is 2.17. The molecule has 2 aromatic heterocycles. The zero-order chi connectivity index (χ0) is 20.5. The molecule has 0 fully saturated rings. The topological polar surface area (TPSA) is 106 Å². The van der Waals surface area contributed by atoms with Gasteiger partial charge in [-0.1, -0.05) is 18.2 Å².